The molecule has 4 aliphatic heterocycles. The molecule has 2 amide bonds. The van der Waals surface area contributed by atoms with Gasteiger partial charge in [-0.15, -0.1) is 11.8 Å². The van der Waals surface area contributed by atoms with Gasteiger partial charge in [0.05, 0.1) is 35.8 Å². The molecule has 7 atom stereocenters. The van der Waals surface area contributed by atoms with Gasteiger partial charge in [0, 0.05) is 22.0 Å². The number of esters is 1. The van der Waals surface area contributed by atoms with Crippen molar-refractivity contribution in [1.82, 2.24) is 4.90 Å². The molecule has 5 rings (SSSR count). The number of rotatable bonds is 5. The van der Waals surface area contributed by atoms with Crippen LogP contribution in [-0.4, -0.2) is 69.1 Å². The molecule has 1 unspecified atom stereocenters. The second-order valence-electron chi connectivity index (χ2n) is 11.3. The third kappa shape index (κ3) is 4.62. The lowest BCUT2D eigenvalue weighted by Crippen LogP contribution is -2.58. The molecule has 0 aliphatic carbocycles. The van der Waals surface area contributed by atoms with Gasteiger partial charge in [0.2, 0.25) is 5.91 Å². The Bertz CT molecular complexity index is 1190. The lowest BCUT2D eigenvalue weighted by atomic mass is 9.74. The molecule has 1 aromatic rings. The lowest BCUT2D eigenvalue weighted by molar-refractivity contribution is -0.155. The summed E-state index contributed by atoms with van der Waals surface area (Å²) in [7, 11) is 0. The highest BCUT2D eigenvalue weighted by atomic mass is 35.5. The molecule has 9 heteroatoms. The van der Waals surface area contributed by atoms with Crippen molar-refractivity contribution in [2.45, 2.75) is 68.0 Å². The number of aliphatic hydroxyl groups is 1. The first kappa shape index (κ1) is 28.2. The molecular weight excluding hydrogens is 536 g/mol. The number of halogens is 1. The summed E-state index contributed by atoms with van der Waals surface area (Å²) < 4.78 is 4.02. The number of ether oxygens (including phenoxy) is 1. The van der Waals surface area contributed by atoms with Gasteiger partial charge < -0.3 is 19.6 Å². The summed E-state index contributed by atoms with van der Waals surface area (Å²) in [5.74, 6) is -2.48. The number of cyclic esters (lactones) is 1. The minimum absolute atomic E-state index is 0.0499. The fourth-order valence-corrected chi connectivity index (χ4v) is 9.03. The van der Waals surface area contributed by atoms with Crippen LogP contribution in [0.2, 0.25) is 5.02 Å². The molecule has 4 aliphatic rings. The molecule has 4 heterocycles. The number of fused-ring (bicyclic) bond motifs is 2. The van der Waals surface area contributed by atoms with Crippen molar-refractivity contribution in [2.24, 2.45) is 17.8 Å². The first-order valence-corrected chi connectivity index (χ1v) is 15.1. The highest BCUT2D eigenvalue weighted by Crippen LogP contribution is 2.65. The molecule has 0 saturated carbocycles. The van der Waals surface area contributed by atoms with E-state index in [-0.39, 0.29) is 24.3 Å². The van der Waals surface area contributed by atoms with Crippen LogP contribution in [0.1, 0.15) is 46.5 Å². The number of anilines is 1. The number of nitrogens with zero attached hydrogens (tertiary/aromatic N) is 2. The minimum atomic E-state index is -0.993. The zero-order valence-electron chi connectivity index (χ0n) is 22.7. The monoisotopic (exact) mass is 572 g/mol. The maximum Gasteiger partial charge on any atom is 0.311 e. The molecule has 210 valence electrons. The highest BCUT2D eigenvalue weighted by Gasteiger charge is 2.74. The number of likely N-dealkylation sites (tertiary alicyclic amines) is 1. The van der Waals surface area contributed by atoms with Crippen LogP contribution >= 0.6 is 23.4 Å². The number of carbonyl (C=O) groups is 3. The number of benzene rings is 1. The van der Waals surface area contributed by atoms with E-state index in [1.807, 2.05) is 32.9 Å². The average molecular weight is 573 g/mol. The lowest BCUT2D eigenvalue weighted by Gasteiger charge is -2.41. The van der Waals surface area contributed by atoms with Crippen LogP contribution in [0.4, 0.5) is 5.69 Å². The van der Waals surface area contributed by atoms with E-state index in [9.17, 15) is 19.5 Å². The zero-order chi connectivity index (χ0) is 27.9. The number of hydrogen-bond donors (Lipinski definition) is 1. The van der Waals surface area contributed by atoms with Crippen molar-refractivity contribution in [3.63, 3.8) is 0 Å². The van der Waals surface area contributed by atoms with Crippen molar-refractivity contribution in [3.8, 4) is 0 Å². The molecule has 1 aromatic carbocycles. The number of aliphatic hydroxyl groups excluding tert-OH is 1. The maximum absolute atomic E-state index is 14.6. The Kier molecular flexibility index (Phi) is 7.92. The Labute approximate surface area is 239 Å². The normalized spacial score (nSPS) is 35.0. The van der Waals surface area contributed by atoms with E-state index < -0.39 is 39.4 Å². The van der Waals surface area contributed by atoms with Gasteiger partial charge in [-0.25, -0.2) is 0 Å². The Morgan fingerprint density at radius 2 is 1.85 bits per heavy atom. The predicted octanol–water partition coefficient (Wildman–Crippen LogP) is 4.62. The molecule has 0 bridgehead atoms. The molecule has 1 N–H and O–H groups in total. The molecule has 0 aromatic heterocycles. The number of hydrogen-bond acceptors (Lipinski definition) is 6. The zero-order valence-corrected chi connectivity index (χ0v) is 24.3. The van der Waals surface area contributed by atoms with Crippen molar-refractivity contribution >= 4 is 46.8 Å². The van der Waals surface area contributed by atoms with Crippen molar-refractivity contribution in [2.75, 3.05) is 24.7 Å². The van der Waals surface area contributed by atoms with Crippen LogP contribution in [0.25, 0.3) is 0 Å². The van der Waals surface area contributed by atoms with Gasteiger partial charge in [-0.05, 0) is 56.4 Å². The van der Waals surface area contributed by atoms with E-state index >= 15 is 0 Å². The Morgan fingerprint density at radius 3 is 2.54 bits per heavy atom. The summed E-state index contributed by atoms with van der Waals surface area (Å²) >= 11 is 7.66. The summed E-state index contributed by atoms with van der Waals surface area (Å²) in [5.41, 5.74) is 0.679. The molecule has 2 fully saturated rings. The van der Waals surface area contributed by atoms with Gasteiger partial charge >= 0.3 is 5.97 Å². The van der Waals surface area contributed by atoms with Gasteiger partial charge in [0.15, 0.2) is 0 Å². The Balaban J connectivity index is 1.68. The van der Waals surface area contributed by atoms with E-state index in [0.29, 0.717) is 23.9 Å². The van der Waals surface area contributed by atoms with Crippen molar-refractivity contribution in [1.29, 1.82) is 0 Å². The summed E-state index contributed by atoms with van der Waals surface area (Å²) in [6.45, 7) is 6.35. The van der Waals surface area contributed by atoms with Crippen LogP contribution in [0.5, 0.6) is 0 Å². The Hall–Kier alpha value is -2.29. The molecule has 0 radical (unpaired) electrons. The second-order valence-corrected chi connectivity index (χ2v) is 13.5. The largest absolute Gasteiger partial charge is 0.465 e. The fraction of sp³-hybridized carbons (Fsp3) is 0.567. The summed E-state index contributed by atoms with van der Waals surface area (Å²) in [6, 6.07) is 5.63. The van der Waals surface area contributed by atoms with Gasteiger partial charge in [0.25, 0.3) is 5.91 Å². The third-order valence-electron chi connectivity index (χ3n) is 8.92. The quantitative estimate of drug-likeness (QED) is 0.409. The third-order valence-corrected chi connectivity index (χ3v) is 11.0. The van der Waals surface area contributed by atoms with Crippen LogP contribution in [0, 0.1) is 17.8 Å². The second kappa shape index (κ2) is 10.9. The number of allylic oxidation sites excluding steroid dienone is 1. The van der Waals surface area contributed by atoms with Crippen LogP contribution < -0.4 is 4.90 Å². The number of carbonyl (C=O) groups excluding carboxylic acids is 3. The highest BCUT2D eigenvalue weighted by molar-refractivity contribution is 8.02. The van der Waals surface area contributed by atoms with Gasteiger partial charge in [-0.2, -0.15) is 0 Å². The summed E-state index contributed by atoms with van der Waals surface area (Å²) in [5, 5.41) is 11.1. The number of amides is 2. The maximum atomic E-state index is 14.6. The van der Waals surface area contributed by atoms with Gasteiger partial charge in [-0.1, -0.05) is 56.2 Å². The van der Waals surface area contributed by atoms with Crippen LogP contribution in [0.15, 0.2) is 48.6 Å². The summed E-state index contributed by atoms with van der Waals surface area (Å²) in [4.78, 5) is 46.1. The standard InChI is InChI=1S/C30H37ClN2O5S/c1-4-19(2)22(18-34)33-25-27(36)32(21-12-10-20(31)11-13-21)16-9-15-30(25)23(26(33)35)24-28(37)38-17-8-6-5-7-14-29(24,3)39-30/h7,9-15,19,22-25,34H,4-6,8,16-18H2,1-3H3/b14-7-/t19-,22-,23-,24+,25?,29-,30-/m0/s1. The van der Waals surface area contributed by atoms with Crippen molar-refractivity contribution < 1.29 is 24.2 Å². The average Bonchev–Trinajstić information content (AvgIpc) is 3.24. The summed E-state index contributed by atoms with van der Waals surface area (Å²) in [6.07, 6.45) is 11.4. The van der Waals surface area contributed by atoms with Crippen LogP contribution in [-0.2, 0) is 19.1 Å². The number of thioether (sulfide) groups is 1. The van der Waals surface area contributed by atoms with E-state index in [1.165, 1.54) is 11.8 Å². The minimum Gasteiger partial charge on any atom is -0.465 e. The SMILES string of the molecule is CC[C@H](C)[C@H](CO)N1C(=O)[C@@H]2[C@@H]3C(=O)OCCCC/C=C\[C@]3(C)S[C@@]23C=CCN(c2ccc(Cl)cc2)C(=O)C13. The molecule has 2 saturated heterocycles. The van der Waals surface area contributed by atoms with E-state index in [1.54, 1.807) is 34.1 Å². The smallest absolute Gasteiger partial charge is 0.311 e. The topological polar surface area (TPSA) is 87.2 Å². The van der Waals surface area contributed by atoms with E-state index in [2.05, 4.69) is 12.2 Å². The van der Waals surface area contributed by atoms with Gasteiger partial charge in [0.1, 0.15) is 6.04 Å². The molecular formula is C30H37ClN2O5S. The molecule has 1 spiro atoms. The first-order chi connectivity index (χ1) is 18.7. The Morgan fingerprint density at radius 1 is 1.10 bits per heavy atom. The molecule has 7 nitrogen and oxygen atoms in total. The predicted molar refractivity (Wildman–Crippen MR) is 154 cm³/mol. The van der Waals surface area contributed by atoms with Crippen molar-refractivity contribution in [3.05, 3.63) is 53.6 Å². The fourth-order valence-electron chi connectivity index (χ4n) is 6.76. The van der Waals surface area contributed by atoms with Crippen LogP contribution in [0.3, 0.4) is 0 Å². The van der Waals surface area contributed by atoms with Gasteiger partial charge in [-0.3, -0.25) is 14.4 Å². The first-order valence-electron chi connectivity index (χ1n) is 13.9. The van der Waals surface area contributed by atoms with E-state index in [4.69, 9.17) is 16.3 Å². The molecule has 39 heavy (non-hydrogen) atoms. The van der Waals surface area contributed by atoms with E-state index in [0.717, 1.165) is 25.7 Å².